The molecule has 0 aliphatic carbocycles. The topological polar surface area (TPSA) is 23.6 Å². The molecule has 108 valence electrons. The highest BCUT2D eigenvalue weighted by molar-refractivity contribution is 5.76. The Balaban J connectivity index is 1.90. The van der Waals surface area contributed by atoms with Crippen LogP contribution in [0.3, 0.4) is 0 Å². The van der Waals surface area contributed by atoms with Crippen molar-refractivity contribution in [1.82, 2.24) is 9.80 Å². The van der Waals surface area contributed by atoms with Crippen molar-refractivity contribution in [2.24, 2.45) is 0 Å². The first-order chi connectivity index (χ1) is 9.67. The van der Waals surface area contributed by atoms with Crippen molar-refractivity contribution in [1.29, 1.82) is 0 Å². The van der Waals surface area contributed by atoms with Gasteiger partial charge >= 0.3 is 0 Å². The molecule has 2 heterocycles. The minimum absolute atomic E-state index is 0.251. The molecule has 0 unspecified atom stereocenters. The number of fused-ring (bicyclic) bond motifs is 1. The average Bonchev–Trinajstić information content (AvgIpc) is 2.85. The van der Waals surface area contributed by atoms with Crippen molar-refractivity contribution < 1.29 is 4.79 Å². The van der Waals surface area contributed by atoms with Crippen molar-refractivity contribution in [2.75, 3.05) is 26.7 Å². The lowest BCUT2D eigenvalue weighted by molar-refractivity contribution is -0.133. The molecular weight excluding hydrogens is 248 g/mol. The molecule has 0 spiro atoms. The Bertz CT molecular complexity index is 487. The molecule has 2 aliphatic heterocycles. The molecule has 1 aromatic carbocycles. The van der Waals surface area contributed by atoms with E-state index in [4.69, 9.17) is 0 Å². The maximum atomic E-state index is 12.0. The molecule has 0 bridgehead atoms. The van der Waals surface area contributed by atoms with Gasteiger partial charge in [-0.15, -0.1) is 0 Å². The van der Waals surface area contributed by atoms with Crippen molar-refractivity contribution >= 4 is 5.91 Å². The number of likely N-dealkylation sites (N-methyl/N-ethyl adjacent to an activating group) is 1. The van der Waals surface area contributed by atoms with Crippen LogP contribution in [-0.4, -0.2) is 48.4 Å². The van der Waals surface area contributed by atoms with E-state index in [1.165, 1.54) is 12.0 Å². The number of carbonyl (C=O) groups is 1. The van der Waals surface area contributed by atoms with Gasteiger partial charge in [-0.05, 0) is 32.0 Å². The molecule has 3 heteroatoms. The number of amides is 1. The summed E-state index contributed by atoms with van der Waals surface area (Å²) in [6.07, 6.45) is 2.93. The third kappa shape index (κ3) is 2.05. The predicted octanol–water partition coefficient (Wildman–Crippen LogP) is 2.27. The van der Waals surface area contributed by atoms with Crippen LogP contribution < -0.4 is 0 Å². The molecule has 0 radical (unpaired) electrons. The fraction of sp³-hybridized carbons (Fsp3) is 0.588. The predicted molar refractivity (Wildman–Crippen MR) is 80.6 cm³/mol. The van der Waals surface area contributed by atoms with Gasteiger partial charge in [0, 0.05) is 31.0 Å². The summed E-state index contributed by atoms with van der Waals surface area (Å²) in [5.74, 6) is 0.298. The molecule has 0 N–H and O–H groups in total. The standard InChI is InChI=1S/C17H24N2O/c1-3-16(20)19-12-10-17(14-7-5-4-6-8-14)9-11-18(2)15(17)13-19/h4-8,15H,3,9-13H2,1-2H3/t15-,17-/m0/s1. The summed E-state index contributed by atoms with van der Waals surface area (Å²) in [6, 6.07) is 11.4. The minimum atomic E-state index is 0.251. The van der Waals surface area contributed by atoms with Crippen LogP contribution >= 0.6 is 0 Å². The quantitative estimate of drug-likeness (QED) is 0.824. The highest BCUT2D eigenvalue weighted by Crippen LogP contribution is 2.45. The van der Waals surface area contributed by atoms with Crippen molar-refractivity contribution in [3.05, 3.63) is 35.9 Å². The first-order valence-electron chi connectivity index (χ1n) is 7.71. The van der Waals surface area contributed by atoms with E-state index in [1.54, 1.807) is 0 Å². The van der Waals surface area contributed by atoms with Crippen molar-refractivity contribution in [3.63, 3.8) is 0 Å². The van der Waals surface area contributed by atoms with Crippen LogP contribution in [0, 0.1) is 0 Å². The van der Waals surface area contributed by atoms with Gasteiger partial charge in [-0.3, -0.25) is 4.79 Å². The maximum absolute atomic E-state index is 12.0. The summed E-state index contributed by atoms with van der Waals surface area (Å²) in [5.41, 5.74) is 1.71. The second-order valence-electron chi connectivity index (χ2n) is 6.21. The van der Waals surface area contributed by atoms with Gasteiger partial charge < -0.3 is 9.80 Å². The highest BCUT2D eigenvalue weighted by Gasteiger charge is 2.50. The molecule has 2 aliphatic rings. The van der Waals surface area contributed by atoms with Gasteiger partial charge in [0.1, 0.15) is 0 Å². The van der Waals surface area contributed by atoms with Crippen LogP contribution in [0.1, 0.15) is 31.7 Å². The van der Waals surface area contributed by atoms with Gasteiger partial charge in [0.15, 0.2) is 0 Å². The van der Waals surface area contributed by atoms with E-state index in [2.05, 4.69) is 47.2 Å². The third-order valence-corrected chi connectivity index (χ3v) is 5.31. The van der Waals surface area contributed by atoms with E-state index in [-0.39, 0.29) is 5.41 Å². The molecule has 1 aromatic rings. The number of rotatable bonds is 2. The third-order valence-electron chi connectivity index (χ3n) is 5.31. The summed E-state index contributed by atoms with van der Waals surface area (Å²) in [4.78, 5) is 16.5. The highest BCUT2D eigenvalue weighted by atomic mass is 16.2. The van der Waals surface area contributed by atoms with Gasteiger partial charge in [-0.1, -0.05) is 37.3 Å². The number of piperidine rings is 1. The number of carbonyl (C=O) groups excluding carboxylic acids is 1. The Morgan fingerprint density at radius 2 is 1.95 bits per heavy atom. The number of likely N-dealkylation sites (tertiary alicyclic amines) is 2. The lowest BCUT2D eigenvalue weighted by Crippen LogP contribution is -2.56. The summed E-state index contributed by atoms with van der Waals surface area (Å²) in [6.45, 7) is 4.89. The lowest BCUT2D eigenvalue weighted by Gasteiger charge is -2.46. The van der Waals surface area contributed by atoms with E-state index >= 15 is 0 Å². The van der Waals surface area contributed by atoms with Gasteiger partial charge in [0.25, 0.3) is 0 Å². The Morgan fingerprint density at radius 3 is 2.65 bits per heavy atom. The van der Waals surface area contributed by atoms with Crippen LogP contribution in [0.5, 0.6) is 0 Å². The zero-order valence-corrected chi connectivity index (χ0v) is 12.5. The molecule has 3 rings (SSSR count). The largest absolute Gasteiger partial charge is 0.341 e. The molecule has 3 nitrogen and oxygen atoms in total. The molecular formula is C17H24N2O. The second-order valence-corrected chi connectivity index (χ2v) is 6.21. The number of benzene rings is 1. The zero-order valence-electron chi connectivity index (χ0n) is 12.5. The Labute approximate surface area is 121 Å². The average molecular weight is 272 g/mol. The van der Waals surface area contributed by atoms with Crippen molar-refractivity contribution in [3.8, 4) is 0 Å². The first kappa shape index (κ1) is 13.6. The Kier molecular flexibility index (Phi) is 3.55. The number of hydrogen-bond donors (Lipinski definition) is 0. The van der Waals surface area contributed by atoms with E-state index < -0.39 is 0 Å². The Morgan fingerprint density at radius 1 is 1.25 bits per heavy atom. The molecule has 20 heavy (non-hydrogen) atoms. The van der Waals surface area contributed by atoms with E-state index in [0.29, 0.717) is 18.4 Å². The van der Waals surface area contributed by atoms with E-state index in [0.717, 1.165) is 26.1 Å². The molecule has 2 saturated heterocycles. The normalized spacial score (nSPS) is 30.3. The SMILES string of the molecule is CCC(=O)N1CC[C@]2(c3ccccc3)CCN(C)[C@H]2C1. The fourth-order valence-electron chi connectivity index (χ4n) is 4.06. The smallest absolute Gasteiger partial charge is 0.222 e. The van der Waals surface area contributed by atoms with E-state index in [9.17, 15) is 4.79 Å². The van der Waals surface area contributed by atoms with Crippen LogP contribution in [0.2, 0.25) is 0 Å². The van der Waals surface area contributed by atoms with Crippen LogP contribution in [0.4, 0.5) is 0 Å². The summed E-state index contributed by atoms with van der Waals surface area (Å²) >= 11 is 0. The molecule has 2 fully saturated rings. The summed E-state index contributed by atoms with van der Waals surface area (Å²) in [5, 5.41) is 0. The summed E-state index contributed by atoms with van der Waals surface area (Å²) in [7, 11) is 2.20. The fourth-order valence-corrected chi connectivity index (χ4v) is 4.06. The molecule has 2 atom stereocenters. The summed E-state index contributed by atoms with van der Waals surface area (Å²) < 4.78 is 0. The monoisotopic (exact) mass is 272 g/mol. The first-order valence-corrected chi connectivity index (χ1v) is 7.71. The Hall–Kier alpha value is -1.35. The van der Waals surface area contributed by atoms with Crippen LogP contribution in [0.15, 0.2) is 30.3 Å². The number of hydrogen-bond acceptors (Lipinski definition) is 2. The zero-order chi connectivity index (χ0) is 14.2. The molecule has 0 aromatic heterocycles. The van der Waals surface area contributed by atoms with Gasteiger partial charge in [0.05, 0.1) is 0 Å². The van der Waals surface area contributed by atoms with Crippen LogP contribution in [-0.2, 0) is 10.2 Å². The van der Waals surface area contributed by atoms with Crippen LogP contribution in [0.25, 0.3) is 0 Å². The molecule has 0 saturated carbocycles. The maximum Gasteiger partial charge on any atom is 0.222 e. The number of nitrogens with zero attached hydrogens (tertiary/aromatic N) is 2. The van der Waals surface area contributed by atoms with E-state index in [1.807, 2.05) is 6.92 Å². The molecule has 1 amide bonds. The van der Waals surface area contributed by atoms with Gasteiger partial charge in [-0.25, -0.2) is 0 Å². The van der Waals surface area contributed by atoms with Gasteiger partial charge in [-0.2, -0.15) is 0 Å². The lowest BCUT2D eigenvalue weighted by atomic mass is 9.69. The minimum Gasteiger partial charge on any atom is -0.341 e. The van der Waals surface area contributed by atoms with Gasteiger partial charge in [0.2, 0.25) is 5.91 Å². The second kappa shape index (κ2) is 5.21. The van der Waals surface area contributed by atoms with Crippen molar-refractivity contribution in [2.45, 2.75) is 37.6 Å².